The van der Waals surface area contributed by atoms with E-state index in [9.17, 15) is 5.26 Å². The van der Waals surface area contributed by atoms with Crippen LogP contribution in [0.4, 0.5) is 0 Å². The third kappa shape index (κ3) is 2.83. The van der Waals surface area contributed by atoms with Gasteiger partial charge >= 0.3 is 0 Å². The van der Waals surface area contributed by atoms with Crippen molar-refractivity contribution >= 4 is 0 Å². The summed E-state index contributed by atoms with van der Waals surface area (Å²) in [6.45, 7) is 9.39. The number of hydrogen-bond acceptors (Lipinski definition) is 2. The summed E-state index contributed by atoms with van der Waals surface area (Å²) in [6.07, 6.45) is 6.22. The molecule has 0 aromatic carbocycles. The van der Waals surface area contributed by atoms with Crippen LogP contribution >= 0.6 is 0 Å². The minimum absolute atomic E-state index is 0.284. The Morgan fingerprint density at radius 1 is 1.35 bits per heavy atom. The van der Waals surface area contributed by atoms with Gasteiger partial charge in [-0.3, -0.25) is 4.90 Å². The second-order valence-electron chi connectivity index (χ2n) is 6.77. The summed E-state index contributed by atoms with van der Waals surface area (Å²) in [4.78, 5) is 2.61. The molecule has 2 fully saturated rings. The van der Waals surface area contributed by atoms with Crippen LogP contribution in [0.15, 0.2) is 0 Å². The van der Waals surface area contributed by atoms with Crippen LogP contribution in [0.5, 0.6) is 0 Å². The standard InChI is InChI=1S/C15H26N2/c1-4-12-5-6-13(10-16)14(9-12)17-8-7-15(2,3)11-17/h12-14H,4-9,11H2,1-3H3. The topological polar surface area (TPSA) is 27.0 Å². The normalized spacial score (nSPS) is 37.9. The summed E-state index contributed by atoms with van der Waals surface area (Å²) in [5.74, 6) is 1.14. The van der Waals surface area contributed by atoms with Crippen molar-refractivity contribution in [2.75, 3.05) is 13.1 Å². The lowest BCUT2D eigenvalue weighted by Crippen LogP contribution is -2.43. The Hall–Kier alpha value is -0.550. The number of hydrogen-bond donors (Lipinski definition) is 0. The number of nitrogens with zero attached hydrogens (tertiary/aromatic N) is 2. The van der Waals surface area contributed by atoms with Gasteiger partial charge in [0.15, 0.2) is 0 Å². The van der Waals surface area contributed by atoms with Gasteiger partial charge in [-0.25, -0.2) is 0 Å². The van der Waals surface area contributed by atoms with Crippen LogP contribution in [-0.2, 0) is 0 Å². The lowest BCUT2D eigenvalue weighted by molar-refractivity contribution is 0.113. The Morgan fingerprint density at radius 3 is 2.65 bits per heavy atom. The van der Waals surface area contributed by atoms with Gasteiger partial charge in [-0.2, -0.15) is 5.26 Å². The Labute approximate surface area is 106 Å². The summed E-state index contributed by atoms with van der Waals surface area (Å²) >= 11 is 0. The maximum Gasteiger partial charge on any atom is 0.0672 e. The van der Waals surface area contributed by atoms with Crippen LogP contribution in [0.1, 0.15) is 52.9 Å². The first-order chi connectivity index (χ1) is 8.05. The average molecular weight is 234 g/mol. The summed E-state index contributed by atoms with van der Waals surface area (Å²) in [6, 6.07) is 3.10. The van der Waals surface area contributed by atoms with Crippen molar-refractivity contribution in [1.82, 2.24) is 4.90 Å². The van der Waals surface area contributed by atoms with Gasteiger partial charge in [-0.1, -0.05) is 27.2 Å². The molecule has 0 spiro atoms. The highest BCUT2D eigenvalue weighted by Gasteiger charge is 2.39. The Kier molecular flexibility index (Phi) is 3.78. The summed E-state index contributed by atoms with van der Waals surface area (Å²) in [5.41, 5.74) is 0.458. The van der Waals surface area contributed by atoms with E-state index in [1.807, 2.05) is 0 Å². The van der Waals surface area contributed by atoms with Crippen molar-refractivity contribution in [2.24, 2.45) is 17.3 Å². The quantitative estimate of drug-likeness (QED) is 0.732. The average Bonchev–Trinajstić information content (AvgIpc) is 2.68. The number of rotatable bonds is 2. The highest BCUT2D eigenvalue weighted by Crippen LogP contribution is 2.38. The fourth-order valence-electron chi connectivity index (χ4n) is 3.59. The van der Waals surface area contributed by atoms with Crippen molar-refractivity contribution in [3.8, 4) is 6.07 Å². The van der Waals surface area contributed by atoms with E-state index in [1.54, 1.807) is 0 Å². The molecular formula is C15H26N2. The molecule has 0 N–H and O–H groups in total. The van der Waals surface area contributed by atoms with Gasteiger partial charge in [0.25, 0.3) is 0 Å². The largest absolute Gasteiger partial charge is 0.299 e. The highest BCUT2D eigenvalue weighted by atomic mass is 15.2. The molecular weight excluding hydrogens is 208 g/mol. The Bertz CT molecular complexity index is 303. The van der Waals surface area contributed by atoms with Gasteiger partial charge < -0.3 is 0 Å². The maximum absolute atomic E-state index is 9.33. The molecule has 2 aliphatic rings. The molecule has 2 nitrogen and oxygen atoms in total. The maximum atomic E-state index is 9.33. The summed E-state index contributed by atoms with van der Waals surface area (Å²) < 4.78 is 0. The molecule has 0 amide bonds. The van der Waals surface area contributed by atoms with E-state index in [4.69, 9.17) is 0 Å². The molecule has 1 aliphatic carbocycles. The number of nitriles is 1. The van der Waals surface area contributed by atoms with Crippen molar-refractivity contribution in [3.63, 3.8) is 0 Å². The summed E-state index contributed by atoms with van der Waals surface area (Å²) in [7, 11) is 0. The fourth-order valence-corrected chi connectivity index (χ4v) is 3.59. The van der Waals surface area contributed by atoms with Crippen LogP contribution in [0, 0.1) is 28.6 Å². The first-order valence-corrected chi connectivity index (χ1v) is 7.19. The van der Waals surface area contributed by atoms with Crippen LogP contribution in [-0.4, -0.2) is 24.0 Å². The molecule has 1 saturated carbocycles. The predicted octanol–water partition coefficient (Wildman–Crippen LogP) is 3.44. The molecule has 2 rings (SSSR count). The molecule has 3 unspecified atom stereocenters. The SMILES string of the molecule is CCC1CCC(C#N)C(N2CCC(C)(C)C2)C1. The predicted molar refractivity (Wildman–Crippen MR) is 70.5 cm³/mol. The second-order valence-corrected chi connectivity index (χ2v) is 6.77. The number of likely N-dealkylation sites (tertiary alicyclic amines) is 1. The minimum Gasteiger partial charge on any atom is -0.299 e. The van der Waals surface area contributed by atoms with Crippen LogP contribution < -0.4 is 0 Å². The molecule has 0 aromatic heterocycles. The Balaban J connectivity index is 2.03. The fraction of sp³-hybridized carbons (Fsp3) is 0.933. The van der Waals surface area contributed by atoms with Crippen LogP contribution in [0.2, 0.25) is 0 Å². The van der Waals surface area contributed by atoms with Crippen molar-refractivity contribution in [1.29, 1.82) is 5.26 Å². The second kappa shape index (κ2) is 4.98. The Morgan fingerprint density at radius 2 is 2.12 bits per heavy atom. The van der Waals surface area contributed by atoms with Crippen LogP contribution in [0.25, 0.3) is 0 Å². The molecule has 2 heteroatoms. The third-order valence-corrected chi connectivity index (χ3v) is 4.84. The molecule has 96 valence electrons. The van der Waals surface area contributed by atoms with E-state index in [0.717, 1.165) is 12.3 Å². The third-order valence-electron chi connectivity index (χ3n) is 4.84. The highest BCUT2D eigenvalue weighted by molar-refractivity contribution is 5.00. The zero-order valence-corrected chi connectivity index (χ0v) is 11.6. The molecule has 17 heavy (non-hydrogen) atoms. The van der Waals surface area contributed by atoms with E-state index in [1.165, 1.54) is 38.8 Å². The van der Waals surface area contributed by atoms with Gasteiger partial charge in [0.1, 0.15) is 0 Å². The monoisotopic (exact) mass is 234 g/mol. The minimum atomic E-state index is 0.284. The van der Waals surface area contributed by atoms with E-state index in [2.05, 4.69) is 31.7 Å². The van der Waals surface area contributed by atoms with E-state index in [0.29, 0.717) is 11.5 Å². The summed E-state index contributed by atoms with van der Waals surface area (Å²) in [5, 5.41) is 9.33. The van der Waals surface area contributed by atoms with Crippen molar-refractivity contribution in [2.45, 2.75) is 58.9 Å². The first kappa shape index (κ1) is 12.9. The first-order valence-electron chi connectivity index (χ1n) is 7.19. The molecule has 3 atom stereocenters. The van der Waals surface area contributed by atoms with Gasteiger partial charge in [0.05, 0.1) is 12.0 Å². The van der Waals surface area contributed by atoms with E-state index < -0.39 is 0 Å². The van der Waals surface area contributed by atoms with Gasteiger partial charge in [0, 0.05) is 12.6 Å². The van der Waals surface area contributed by atoms with Crippen LogP contribution in [0.3, 0.4) is 0 Å². The van der Waals surface area contributed by atoms with E-state index >= 15 is 0 Å². The lowest BCUT2D eigenvalue weighted by Gasteiger charge is -2.38. The molecule has 1 aliphatic heterocycles. The van der Waals surface area contributed by atoms with E-state index in [-0.39, 0.29) is 5.92 Å². The smallest absolute Gasteiger partial charge is 0.0672 e. The molecule has 1 heterocycles. The molecule has 0 aromatic rings. The zero-order valence-electron chi connectivity index (χ0n) is 11.6. The molecule has 0 radical (unpaired) electrons. The van der Waals surface area contributed by atoms with Gasteiger partial charge in [-0.05, 0) is 43.6 Å². The lowest BCUT2D eigenvalue weighted by atomic mass is 9.77. The van der Waals surface area contributed by atoms with Gasteiger partial charge in [-0.15, -0.1) is 0 Å². The zero-order chi connectivity index (χ0) is 12.5. The molecule has 0 bridgehead atoms. The van der Waals surface area contributed by atoms with Crippen molar-refractivity contribution < 1.29 is 0 Å². The van der Waals surface area contributed by atoms with Gasteiger partial charge in [0.2, 0.25) is 0 Å². The molecule has 1 saturated heterocycles. The van der Waals surface area contributed by atoms with Crippen molar-refractivity contribution in [3.05, 3.63) is 0 Å².